The number of benzene rings is 2. The third-order valence-corrected chi connectivity index (χ3v) is 4.00. The van der Waals surface area contributed by atoms with E-state index in [-0.39, 0.29) is 12.5 Å². The van der Waals surface area contributed by atoms with Gasteiger partial charge in [0.15, 0.2) is 6.61 Å². The number of carbonyl (C=O) groups excluding carboxylic acids is 1. The fraction of sp³-hybridized carbons (Fsp3) is 0.238. The summed E-state index contributed by atoms with van der Waals surface area (Å²) >= 11 is 5.95. The van der Waals surface area contributed by atoms with Crippen molar-refractivity contribution >= 4 is 23.2 Å². The van der Waals surface area contributed by atoms with Gasteiger partial charge in [0.05, 0.1) is 19.1 Å². The van der Waals surface area contributed by atoms with Gasteiger partial charge in [0.1, 0.15) is 11.9 Å². The van der Waals surface area contributed by atoms with Gasteiger partial charge in [-0.1, -0.05) is 30.7 Å². The van der Waals surface area contributed by atoms with Crippen molar-refractivity contribution in [3.8, 4) is 23.8 Å². The second-order valence-corrected chi connectivity index (χ2v) is 5.97. The Bertz CT molecular complexity index is 892. The van der Waals surface area contributed by atoms with Gasteiger partial charge in [-0.3, -0.25) is 4.79 Å². The van der Waals surface area contributed by atoms with Crippen molar-refractivity contribution in [1.82, 2.24) is 0 Å². The Morgan fingerprint density at radius 2 is 2.00 bits per heavy atom. The molecule has 0 saturated carbocycles. The topological polar surface area (TPSA) is 71.3 Å². The summed E-state index contributed by atoms with van der Waals surface area (Å²) < 4.78 is 10.2. The highest BCUT2D eigenvalue weighted by Gasteiger charge is 2.19. The monoisotopic (exact) mass is 382 g/mol. The molecule has 138 valence electrons. The zero-order valence-corrected chi connectivity index (χ0v) is 15.8. The van der Waals surface area contributed by atoms with Crippen molar-refractivity contribution in [2.75, 3.05) is 19.0 Å². The first-order valence-corrected chi connectivity index (χ1v) is 8.69. The third-order valence-electron chi connectivity index (χ3n) is 3.75. The Labute approximate surface area is 163 Å². The molecule has 2 rings (SSSR count). The number of nitrogens with zero attached hydrogens (tertiary/aromatic N) is 1. The number of anilines is 1. The zero-order chi connectivity index (χ0) is 19.6. The van der Waals surface area contributed by atoms with Crippen LogP contribution in [-0.4, -0.2) is 19.6 Å². The van der Waals surface area contributed by atoms with Gasteiger partial charge in [-0.2, -0.15) is 5.26 Å². The Balaban J connectivity index is 2.42. The smallest absolute Gasteiger partial charge is 0.224 e. The lowest BCUT2D eigenvalue weighted by Crippen LogP contribution is -2.13. The van der Waals surface area contributed by atoms with Crippen molar-refractivity contribution in [1.29, 1.82) is 5.26 Å². The van der Waals surface area contributed by atoms with Crippen LogP contribution >= 0.6 is 11.6 Å². The van der Waals surface area contributed by atoms with Crippen molar-refractivity contribution < 1.29 is 14.3 Å². The van der Waals surface area contributed by atoms with Gasteiger partial charge >= 0.3 is 0 Å². The fourth-order valence-corrected chi connectivity index (χ4v) is 2.55. The molecule has 1 amide bonds. The van der Waals surface area contributed by atoms with Crippen LogP contribution in [0.4, 0.5) is 5.69 Å². The van der Waals surface area contributed by atoms with Gasteiger partial charge in [0.25, 0.3) is 0 Å². The highest BCUT2D eigenvalue weighted by molar-refractivity contribution is 6.30. The number of methoxy groups -OCH3 is 1. The second kappa shape index (κ2) is 10.1. The predicted molar refractivity (Wildman–Crippen MR) is 105 cm³/mol. The van der Waals surface area contributed by atoms with E-state index in [1.807, 2.05) is 0 Å². The predicted octanol–water partition coefficient (Wildman–Crippen LogP) is 4.33. The van der Waals surface area contributed by atoms with E-state index >= 15 is 0 Å². The van der Waals surface area contributed by atoms with Crippen LogP contribution in [0.25, 0.3) is 0 Å². The summed E-state index contributed by atoms with van der Waals surface area (Å²) in [7, 11) is 1.47. The highest BCUT2D eigenvalue weighted by Crippen LogP contribution is 2.33. The summed E-state index contributed by atoms with van der Waals surface area (Å²) in [5.74, 6) is 2.51. The Hall–Kier alpha value is -3.15. The van der Waals surface area contributed by atoms with Gasteiger partial charge in [-0.25, -0.2) is 0 Å². The summed E-state index contributed by atoms with van der Waals surface area (Å²) in [6.45, 7) is 1.91. The van der Waals surface area contributed by atoms with E-state index in [1.54, 1.807) is 49.4 Å². The molecule has 2 aromatic carbocycles. The van der Waals surface area contributed by atoms with Gasteiger partial charge in [-0.15, -0.1) is 0 Å². The van der Waals surface area contributed by atoms with Crippen molar-refractivity contribution in [3.63, 3.8) is 0 Å². The van der Waals surface area contributed by atoms with E-state index in [1.165, 1.54) is 7.11 Å². The summed E-state index contributed by atoms with van der Waals surface area (Å²) in [6.07, 6.45) is 2.78. The van der Waals surface area contributed by atoms with E-state index < -0.39 is 5.92 Å². The molecule has 0 spiro atoms. The molecule has 0 aromatic heterocycles. The number of hydrogen-bond acceptors (Lipinski definition) is 4. The molecule has 0 aliphatic heterocycles. The van der Waals surface area contributed by atoms with Gasteiger partial charge < -0.3 is 14.8 Å². The van der Waals surface area contributed by atoms with E-state index in [4.69, 9.17) is 16.3 Å². The minimum Gasteiger partial charge on any atom is -0.481 e. The van der Waals surface area contributed by atoms with Crippen LogP contribution in [-0.2, 0) is 9.53 Å². The van der Waals surface area contributed by atoms with Crippen LogP contribution < -0.4 is 10.1 Å². The SMILES string of the molecule is CCC(=O)Nc1ccc(OCC#COC)cc1C(C#N)c1ccc(Cl)cc1. The number of carbonyl (C=O) groups is 1. The van der Waals surface area contributed by atoms with Crippen LogP contribution in [0.1, 0.15) is 30.4 Å². The molecule has 27 heavy (non-hydrogen) atoms. The molecule has 1 atom stereocenters. The van der Waals surface area contributed by atoms with E-state index in [9.17, 15) is 10.1 Å². The first-order valence-electron chi connectivity index (χ1n) is 8.31. The summed E-state index contributed by atoms with van der Waals surface area (Å²) in [6, 6.07) is 14.5. The van der Waals surface area contributed by atoms with E-state index in [0.29, 0.717) is 28.4 Å². The normalized spacial score (nSPS) is 10.7. The molecule has 0 bridgehead atoms. The lowest BCUT2D eigenvalue weighted by Gasteiger charge is -2.17. The maximum absolute atomic E-state index is 11.9. The number of nitriles is 1. The Morgan fingerprint density at radius 3 is 2.63 bits per heavy atom. The van der Waals surface area contributed by atoms with Crippen LogP contribution in [0.15, 0.2) is 42.5 Å². The minimum atomic E-state index is -0.594. The molecule has 0 aliphatic carbocycles. The molecule has 6 heteroatoms. The lowest BCUT2D eigenvalue weighted by atomic mass is 9.91. The van der Waals surface area contributed by atoms with E-state index in [2.05, 4.69) is 28.1 Å². The van der Waals surface area contributed by atoms with Crippen molar-refractivity contribution in [3.05, 3.63) is 58.6 Å². The number of hydrogen-bond donors (Lipinski definition) is 1. The van der Waals surface area contributed by atoms with Gasteiger partial charge in [0.2, 0.25) is 5.91 Å². The molecule has 0 radical (unpaired) electrons. The molecule has 0 heterocycles. The number of halogens is 1. The third kappa shape index (κ3) is 5.67. The molecular weight excluding hydrogens is 364 g/mol. The molecule has 0 aliphatic rings. The molecule has 1 unspecified atom stereocenters. The maximum atomic E-state index is 11.9. The largest absolute Gasteiger partial charge is 0.481 e. The molecular formula is C21H19ClN2O3. The first kappa shape index (κ1) is 20.2. The maximum Gasteiger partial charge on any atom is 0.224 e. The molecule has 1 N–H and O–H groups in total. The summed E-state index contributed by atoms with van der Waals surface area (Å²) in [4.78, 5) is 11.9. The minimum absolute atomic E-state index is 0.135. The Morgan fingerprint density at radius 1 is 1.26 bits per heavy atom. The lowest BCUT2D eigenvalue weighted by molar-refractivity contribution is -0.115. The number of rotatable bonds is 6. The van der Waals surface area contributed by atoms with Crippen LogP contribution in [0.2, 0.25) is 5.02 Å². The Kier molecular flexibility index (Phi) is 7.55. The summed E-state index contributed by atoms with van der Waals surface area (Å²) in [5.41, 5.74) is 1.97. The quantitative estimate of drug-likeness (QED) is 0.755. The molecule has 0 fully saturated rings. The number of nitrogens with one attached hydrogen (secondary N) is 1. The number of amides is 1. The fourth-order valence-electron chi connectivity index (χ4n) is 2.42. The van der Waals surface area contributed by atoms with Crippen molar-refractivity contribution in [2.24, 2.45) is 0 Å². The standard InChI is InChI=1S/C21H19ClN2O3/c1-3-21(25)24-20-10-9-17(27-12-4-11-26-2)13-18(20)19(14-23)15-5-7-16(22)8-6-15/h5-10,13,19H,3,12H2,1-2H3,(H,24,25). The summed E-state index contributed by atoms with van der Waals surface area (Å²) in [5, 5.41) is 13.2. The average Bonchev–Trinajstić information content (AvgIpc) is 2.68. The molecule has 5 nitrogen and oxygen atoms in total. The van der Waals surface area contributed by atoms with Gasteiger partial charge in [0, 0.05) is 22.7 Å². The number of ether oxygens (including phenoxy) is 2. The second-order valence-electron chi connectivity index (χ2n) is 5.54. The van der Waals surface area contributed by atoms with E-state index in [0.717, 1.165) is 5.56 Å². The van der Waals surface area contributed by atoms with Gasteiger partial charge in [-0.05, 0) is 41.8 Å². The molecule has 0 saturated heterocycles. The average molecular weight is 383 g/mol. The van der Waals surface area contributed by atoms with Crippen LogP contribution in [0, 0.1) is 23.4 Å². The van der Waals surface area contributed by atoms with Crippen molar-refractivity contribution in [2.45, 2.75) is 19.3 Å². The zero-order valence-electron chi connectivity index (χ0n) is 15.1. The van der Waals surface area contributed by atoms with Crippen LogP contribution in [0.5, 0.6) is 5.75 Å². The molecule has 2 aromatic rings. The first-order chi connectivity index (χ1) is 13.1. The van der Waals surface area contributed by atoms with Crippen LogP contribution in [0.3, 0.4) is 0 Å². The highest BCUT2D eigenvalue weighted by atomic mass is 35.5.